The van der Waals surface area contributed by atoms with Crippen molar-refractivity contribution in [1.29, 1.82) is 0 Å². The van der Waals surface area contributed by atoms with Crippen molar-refractivity contribution >= 4 is 16.9 Å². The van der Waals surface area contributed by atoms with Crippen LogP contribution in [0.4, 0.5) is 4.79 Å². The van der Waals surface area contributed by atoms with E-state index in [-0.39, 0.29) is 11.9 Å². The second-order valence-corrected chi connectivity index (χ2v) is 7.76. The number of aromatic amines is 1. The summed E-state index contributed by atoms with van der Waals surface area (Å²) in [7, 11) is 0. The predicted molar refractivity (Wildman–Crippen MR) is 103 cm³/mol. The van der Waals surface area contributed by atoms with E-state index in [2.05, 4.69) is 32.5 Å². The Morgan fingerprint density at radius 2 is 1.93 bits per heavy atom. The number of carbonyl (C=O) groups is 1. The average Bonchev–Trinajstić information content (AvgIpc) is 3.49. The topological polar surface area (TPSA) is 91.2 Å². The third-order valence-electron chi connectivity index (χ3n) is 5.84. The van der Waals surface area contributed by atoms with E-state index < -0.39 is 0 Å². The molecule has 2 aliphatic rings. The number of benzene rings is 1. The fraction of sp³-hybridized carbons (Fsp3) is 0.500. The number of carbonyl (C=O) groups excluding carboxylic acids is 1. The van der Waals surface area contributed by atoms with Crippen molar-refractivity contribution in [3.63, 3.8) is 0 Å². The molecule has 2 aliphatic heterocycles. The van der Waals surface area contributed by atoms with Gasteiger partial charge in [0.25, 0.3) is 0 Å². The van der Waals surface area contributed by atoms with Crippen molar-refractivity contribution in [2.24, 2.45) is 0 Å². The highest BCUT2D eigenvalue weighted by atomic mass is 16.5. The van der Waals surface area contributed by atoms with Crippen LogP contribution in [0, 0.1) is 0 Å². The molecule has 2 aromatic heterocycles. The number of nitrogens with zero attached hydrogens (tertiary/aromatic N) is 5. The normalized spacial score (nSPS) is 18.3. The molecule has 8 heteroatoms. The maximum absolute atomic E-state index is 12.5. The van der Waals surface area contributed by atoms with Gasteiger partial charge < -0.3 is 14.3 Å². The minimum Gasteiger partial charge on any atom is -0.339 e. The molecule has 0 unspecified atom stereocenters. The lowest BCUT2D eigenvalue weighted by Crippen LogP contribution is -2.45. The summed E-state index contributed by atoms with van der Waals surface area (Å²) in [4.78, 5) is 21.1. The molecule has 2 saturated heterocycles. The van der Waals surface area contributed by atoms with Gasteiger partial charge in [0.2, 0.25) is 5.89 Å². The van der Waals surface area contributed by atoms with Crippen LogP contribution in [0.5, 0.6) is 0 Å². The Balaban J connectivity index is 1.20. The number of amides is 2. The highest BCUT2D eigenvalue weighted by Gasteiger charge is 2.30. The van der Waals surface area contributed by atoms with Crippen LogP contribution < -0.4 is 0 Å². The first-order valence-electron chi connectivity index (χ1n) is 10.0. The first-order chi connectivity index (χ1) is 13.8. The zero-order valence-electron chi connectivity index (χ0n) is 15.8. The van der Waals surface area contributed by atoms with E-state index in [1.54, 1.807) is 0 Å². The second kappa shape index (κ2) is 7.26. The Hall–Kier alpha value is -2.90. The minimum absolute atomic E-state index is 0.191. The summed E-state index contributed by atoms with van der Waals surface area (Å²) < 4.78 is 5.55. The van der Waals surface area contributed by atoms with Crippen molar-refractivity contribution in [2.75, 3.05) is 26.2 Å². The van der Waals surface area contributed by atoms with Gasteiger partial charge in [-0.1, -0.05) is 11.2 Å². The lowest BCUT2D eigenvalue weighted by atomic mass is 9.97. The molecular formula is C20H24N6O2. The van der Waals surface area contributed by atoms with Crippen LogP contribution in [0.2, 0.25) is 0 Å². The van der Waals surface area contributed by atoms with Crippen LogP contribution in [-0.2, 0) is 6.42 Å². The molecule has 4 heterocycles. The molecule has 8 nitrogen and oxygen atoms in total. The van der Waals surface area contributed by atoms with Gasteiger partial charge in [-0.2, -0.15) is 10.1 Å². The monoisotopic (exact) mass is 380 g/mol. The van der Waals surface area contributed by atoms with Gasteiger partial charge in [0.1, 0.15) is 0 Å². The van der Waals surface area contributed by atoms with Gasteiger partial charge in [0, 0.05) is 43.9 Å². The number of piperidine rings is 1. The first kappa shape index (κ1) is 17.2. The van der Waals surface area contributed by atoms with Crippen molar-refractivity contribution in [2.45, 2.75) is 38.0 Å². The SMILES string of the molecule is O=C(N1CCCC1)N1CCC(c2nc(Cc3ccc4[nH]ncc4c3)no2)CC1. The summed E-state index contributed by atoms with van der Waals surface area (Å²) in [6.07, 6.45) is 6.46. The molecule has 1 N–H and O–H groups in total. The van der Waals surface area contributed by atoms with Crippen molar-refractivity contribution < 1.29 is 9.32 Å². The summed E-state index contributed by atoms with van der Waals surface area (Å²) >= 11 is 0. The molecule has 0 saturated carbocycles. The zero-order chi connectivity index (χ0) is 18.9. The quantitative estimate of drug-likeness (QED) is 0.754. The van der Waals surface area contributed by atoms with E-state index in [9.17, 15) is 4.79 Å². The van der Waals surface area contributed by atoms with Crippen LogP contribution in [0.1, 0.15) is 48.9 Å². The maximum Gasteiger partial charge on any atom is 0.319 e. The van der Waals surface area contributed by atoms with Crippen LogP contribution in [0.25, 0.3) is 10.9 Å². The lowest BCUT2D eigenvalue weighted by Gasteiger charge is -2.33. The van der Waals surface area contributed by atoms with Crippen LogP contribution in [-0.4, -0.2) is 62.3 Å². The summed E-state index contributed by atoms with van der Waals surface area (Å²) in [5, 5.41) is 12.3. The highest BCUT2D eigenvalue weighted by molar-refractivity contribution is 5.78. The smallest absolute Gasteiger partial charge is 0.319 e. The molecule has 0 atom stereocenters. The van der Waals surface area contributed by atoms with Gasteiger partial charge in [-0.25, -0.2) is 4.79 Å². The van der Waals surface area contributed by atoms with Crippen LogP contribution in [0.3, 0.4) is 0 Å². The Kier molecular flexibility index (Phi) is 4.46. The molecule has 2 amide bonds. The molecule has 2 fully saturated rings. The minimum atomic E-state index is 0.191. The summed E-state index contributed by atoms with van der Waals surface area (Å²) in [5.41, 5.74) is 2.15. The Morgan fingerprint density at radius 3 is 2.75 bits per heavy atom. The van der Waals surface area contributed by atoms with E-state index >= 15 is 0 Å². The van der Waals surface area contributed by atoms with Crippen molar-refractivity contribution in [3.05, 3.63) is 41.7 Å². The number of likely N-dealkylation sites (tertiary alicyclic amines) is 2. The van der Waals surface area contributed by atoms with Crippen molar-refractivity contribution in [1.82, 2.24) is 30.1 Å². The highest BCUT2D eigenvalue weighted by Crippen LogP contribution is 2.28. The number of rotatable bonds is 3. The Labute approximate surface area is 162 Å². The van der Waals surface area contributed by atoms with Crippen molar-refractivity contribution in [3.8, 4) is 0 Å². The fourth-order valence-corrected chi connectivity index (χ4v) is 4.22. The average molecular weight is 380 g/mol. The standard InChI is InChI=1S/C20H24N6O2/c27-20(25-7-1-2-8-25)26-9-5-15(6-10-26)19-22-18(24-28-19)12-14-3-4-17-16(11-14)13-21-23-17/h3-4,11,13,15H,1-2,5-10,12H2,(H,21,23). The lowest BCUT2D eigenvalue weighted by molar-refractivity contribution is 0.144. The van der Waals surface area contributed by atoms with E-state index in [4.69, 9.17) is 4.52 Å². The Morgan fingerprint density at radius 1 is 1.14 bits per heavy atom. The van der Waals surface area contributed by atoms with Gasteiger partial charge in [0.05, 0.1) is 11.7 Å². The third kappa shape index (κ3) is 3.34. The van der Waals surface area contributed by atoms with Gasteiger partial charge in [-0.05, 0) is 43.4 Å². The summed E-state index contributed by atoms with van der Waals surface area (Å²) in [6, 6.07) is 6.36. The number of nitrogens with one attached hydrogen (secondary N) is 1. The molecule has 146 valence electrons. The molecule has 0 radical (unpaired) electrons. The summed E-state index contributed by atoms with van der Waals surface area (Å²) in [6.45, 7) is 3.32. The molecular weight excluding hydrogens is 356 g/mol. The fourth-order valence-electron chi connectivity index (χ4n) is 4.22. The number of urea groups is 1. The zero-order valence-corrected chi connectivity index (χ0v) is 15.8. The molecule has 1 aromatic carbocycles. The van der Waals surface area contributed by atoms with Gasteiger partial charge in [0.15, 0.2) is 5.82 Å². The maximum atomic E-state index is 12.5. The van der Waals surface area contributed by atoms with Crippen LogP contribution in [0.15, 0.2) is 28.9 Å². The van der Waals surface area contributed by atoms with E-state index in [1.807, 2.05) is 22.1 Å². The molecule has 0 aliphatic carbocycles. The molecule has 0 bridgehead atoms. The molecule has 3 aromatic rings. The number of hydrogen-bond donors (Lipinski definition) is 1. The molecule has 28 heavy (non-hydrogen) atoms. The second-order valence-electron chi connectivity index (χ2n) is 7.76. The van der Waals surface area contributed by atoms with Gasteiger partial charge >= 0.3 is 6.03 Å². The molecule has 5 rings (SSSR count). The summed E-state index contributed by atoms with van der Waals surface area (Å²) in [5.74, 6) is 1.64. The van der Waals surface area contributed by atoms with Gasteiger partial charge in [-0.15, -0.1) is 0 Å². The van der Waals surface area contributed by atoms with E-state index in [0.717, 1.165) is 68.3 Å². The number of aromatic nitrogens is 4. The predicted octanol–water partition coefficient (Wildman–Crippen LogP) is 2.93. The number of fused-ring (bicyclic) bond motifs is 1. The van der Waals surface area contributed by atoms with Crippen LogP contribution >= 0.6 is 0 Å². The number of H-pyrrole nitrogens is 1. The third-order valence-corrected chi connectivity index (χ3v) is 5.84. The Bertz CT molecular complexity index is 966. The molecule has 0 spiro atoms. The van der Waals surface area contributed by atoms with Gasteiger partial charge in [-0.3, -0.25) is 5.10 Å². The first-order valence-corrected chi connectivity index (χ1v) is 10.0. The van der Waals surface area contributed by atoms with E-state index in [1.165, 1.54) is 0 Å². The largest absolute Gasteiger partial charge is 0.339 e. The van der Waals surface area contributed by atoms with E-state index in [0.29, 0.717) is 18.1 Å². The number of hydrogen-bond acceptors (Lipinski definition) is 5.